The SMILES string of the molecule is C[C@]12CC[C@H]3[C@@H](CCC4=CC(=O)CC[C@@]43C)C1=CC=C2c1cncc(F)c1. The zero-order valence-corrected chi connectivity index (χ0v) is 16.1. The summed E-state index contributed by atoms with van der Waals surface area (Å²) < 4.78 is 13.8. The zero-order valence-electron chi connectivity index (χ0n) is 16.1. The number of carbonyl (C=O) groups excluding carboxylic acids is 1. The summed E-state index contributed by atoms with van der Waals surface area (Å²) in [5.41, 5.74) is 5.20. The van der Waals surface area contributed by atoms with Crippen LogP contribution < -0.4 is 0 Å². The average molecular weight is 363 g/mol. The smallest absolute Gasteiger partial charge is 0.155 e. The molecule has 140 valence electrons. The van der Waals surface area contributed by atoms with Crippen LogP contribution in [0.15, 0.2) is 47.8 Å². The van der Waals surface area contributed by atoms with Crippen molar-refractivity contribution in [2.45, 2.75) is 52.4 Å². The summed E-state index contributed by atoms with van der Waals surface area (Å²) in [4.78, 5) is 16.0. The lowest BCUT2D eigenvalue weighted by atomic mass is 9.48. The molecule has 4 atom stereocenters. The quantitative estimate of drug-likeness (QED) is 0.644. The van der Waals surface area contributed by atoms with Crippen molar-refractivity contribution in [1.82, 2.24) is 4.98 Å². The molecule has 2 saturated carbocycles. The van der Waals surface area contributed by atoms with E-state index < -0.39 is 0 Å². The van der Waals surface area contributed by atoms with Crippen LogP contribution in [0.2, 0.25) is 0 Å². The van der Waals surface area contributed by atoms with Crippen LogP contribution in [0, 0.1) is 28.5 Å². The molecule has 5 rings (SSSR count). The van der Waals surface area contributed by atoms with Crippen LogP contribution >= 0.6 is 0 Å². The van der Waals surface area contributed by atoms with Gasteiger partial charge < -0.3 is 0 Å². The lowest BCUT2D eigenvalue weighted by Gasteiger charge is -2.56. The monoisotopic (exact) mass is 363 g/mol. The predicted molar refractivity (Wildman–Crippen MR) is 104 cm³/mol. The van der Waals surface area contributed by atoms with Crippen molar-refractivity contribution in [2.75, 3.05) is 0 Å². The van der Waals surface area contributed by atoms with Gasteiger partial charge in [-0.15, -0.1) is 0 Å². The Morgan fingerprint density at radius 3 is 2.78 bits per heavy atom. The lowest BCUT2D eigenvalue weighted by Crippen LogP contribution is -2.47. The highest BCUT2D eigenvalue weighted by Crippen LogP contribution is 2.65. The summed E-state index contributed by atoms with van der Waals surface area (Å²) in [7, 11) is 0. The summed E-state index contributed by atoms with van der Waals surface area (Å²) in [6, 6.07) is 1.61. The number of hydrogen-bond donors (Lipinski definition) is 0. The standard InChI is InChI=1S/C24H26FNO/c1-23-9-7-18(27)12-16(23)3-4-19-21-6-5-20(15-11-17(25)14-26-13-15)24(21,2)10-8-22(19)23/h5-6,11-14,19,22H,3-4,7-10H2,1-2H3/t19-,22-,23-,24+/m0/s1. The van der Waals surface area contributed by atoms with Crippen LogP contribution in [-0.4, -0.2) is 10.8 Å². The fraction of sp³-hybridized carbons (Fsp3) is 0.500. The third kappa shape index (κ3) is 2.36. The Bertz CT molecular complexity index is 926. The first-order valence-corrected chi connectivity index (χ1v) is 10.2. The van der Waals surface area contributed by atoms with Gasteiger partial charge in [-0.25, -0.2) is 4.39 Å². The van der Waals surface area contributed by atoms with E-state index in [0.29, 0.717) is 24.0 Å². The Kier molecular flexibility index (Phi) is 3.63. The van der Waals surface area contributed by atoms with Crippen molar-refractivity contribution >= 4 is 11.4 Å². The second-order valence-corrected chi connectivity index (χ2v) is 9.27. The number of carbonyl (C=O) groups is 1. The zero-order chi connectivity index (χ0) is 18.8. The van der Waals surface area contributed by atoms with Crippen molar-refractivity contribution in [3.63, 3.8) is 0 Å². The summed E-state index contributed by atoms with van der Waals surface area (Å²) in [6.45, 7) is 4.72. The van der Waals surface area contributed by atoms with E-state index in [-0.39, 0.29) is 16.6 Å². The maximum absolute atomic E-state index is 13.8. The van der Waals surface area contributed by atoms with Crippen molar-refractivity contribution in [3.05, 3.63) is 59.2 Å². The first-order valence-electron chi connectivity index (χ1n) is 10.2. The molecule has 0 bridgehead atoms. The first-order chi connectivity index (χ1) is 12.9. The molecular formula is C24H26FNO. The highest BCUT2D eigenvalue weighted by Gasteiger charge is 2.54. The molecule has 0 aliphatic heterocycles. The minimum Gasteiger partial charge on any atom is -0.295 e. The van der Waals surface area contributed by atoms with Gasteiger partial charge in [0.15, 0.2) is 5.78 Å². The molecular weight excluding hydrogens is 337 g/mol. The van der Waals surface area contributed by atoms with E-state index in [9.17, 15) is 9.18 Å². The topological polar surface area (TPSA) is 30.0 Å². The van der Waals surface area contributed by atoms with E-state index in [1.54, 1.807) is 12.3 Å². The van der Waals surface area contributed by atoms with Gasteiger partial charge in [0.25, 0.3) is 0 Å². The number of allylic oxidation sites excluding steroid dienone is 6. The summed E-state index contributed by atoms with van der Waals surface area (Å²) in [5.74, 6) is 1.22. The molecule has 4 aliphatic rings. The molecule has 0 radical (unpaired) electrons. The molecule has 27 heavy (non-hydrogen) atoms. The highest BCUT2D eigenvalue weighted by molar-refractivity contribution is 5.91. The Hall–Kier alpha value is -2.03. The van der Waals surface area contributed by atoms with Gasteiger partial charge in [0.2, 0.25) is 0 Å². The maximum atomic E-state index is 13.8. The van der Waals surface area contributed by atoms with E-state index in [0.717, 1.165) is 31.2 Å². The van der Waals surface area contributed by atoms with Gasteiger partial charge >= 0.3 is 0 Å². The average Bonchev–Trinajstić information content (AvgIpc) is 2.99. The molecule has 3 heteroatoms. The Morgan fingerprint density at radius 1 is 1.11 bits per heavy atom. The molecule has 0 spiro atoms. The molecule has 0 N–H and O–H groups in total. The molecule has 0 amide bonds. The van der Waals surface area contributed by atoms with Crippen LogP contribution in [0.25, 0.3) is 5.57 Å². The number of pyridine rings is 1. The number of fused-ring (bicyclic) bond motifs is 5. The van der Waals surface area contributed by atoms with Gasteiger partial charge in [-0.05, 0) is 72.6 Å². The van der Waals surface area contributed by atoms with E-state index in [1.165, 1.54) is 29.3 Å². The molecule has 0 unspecified atom stereocenters. The molecule has 0 aromatic carbocycles. The van der Waals surface area contributed by atoms with Crippen LogP contribution in [0.5, 0.6) is 0 Å². The van der Waals surface area contributed by atoms with E-state index >= 15 is 0 Å². The third-order valence-corrected chi connectivity index (χ3v) is 8.02. The van der Waals surface area contributed by atoms with E-state index in [4.69, 9.17) is 0 Å². The third-order valence-electron chi connectivity index (χ3n) is 8.02. The molecule has 4 aliphatic carbocycles. The number of rotatable bonds is 1. The minimum atomic E-state index is -0.272. The van der Waals surface area contributed by atoms with Gasteiger partial charge in [0, 0.05) is 18.0 Å². The minimum absolute atomic E-state index is 0.0152. The molecule has 2 nitrogen and oxygen atoms in total. The van der Waals surface area contributed by atoms with Crippen molar-refractivity contribution in [3.8, 4) is 0 Å². The van der Waals surface area contributed by atoms with Gasteiger partial charge in [0.1, 0.15) is 5.82 Å². The van der Waals surface area contributed by atoms with Crippen LogP contribution in [0.3, 0.4) is 0 Å². The first kappa shape index (κ1) is 17.1. The summed E-state index contributed by atoms with van der Waals surface area (Å²) in [5, 5.41) is 0. The van der Waals surface area contributed by atoms with Gasteiger partial charge in [-0.2, -0.15) is 0 Å². The number of hydrogen-bond acceptors (Lipinski definition) is 2. The lowest BCUT2D eigenvalue weighted by molar-refractivity contribution is -0.116. The van der Waals surface area contributed by atoms with Crippen molar-refractivity contribution in [2.24, 2.45) is 22.7 Å². The summed E-state index contributed by atoms with van der Waals surface area (Å²) in [6.07, 6.45) is 15.6. The fourth-order valence-corrected chi connectivity index (χ4v) is 6.53. The molecule has 1 aromatic rings. The molecule has 1 heterocycles. The van der Waals surface area contributed by atoms with Gasteiger partial charge in [-0.3, -0.25) is 9.78 Å². The number of aromatic nitrogens is 1. The van der Waals surface area contributed by atoms with E-state index in [1.807, 2.05) is 6.08 Å². The predicted octanol–water partition coefficient (Wildman–Crippen LogP) is 5.67. The Morgan fingerprint density at radius 2 is 1.96 bits per heavy atom. The van der Waals surface area contributed by atoms with Crippen molar-refractivity contribution in [1.29, 1.82) is 0 Å². The normalized spacial score (nSPS) is 37.6. The highest BCUT2D eigenvalue weighted by atomic mass is 19.1. The number of halogens is 1. The molecule has 0 saturated heterocycles. The van der Waals surface area contributed by atoms with Crippen LogP contribution in [0.4, 0.5) is 4.39 Å². The van der Waals surface area contributed by atoms with Crippen LogP contribution in [0.1, 0.15) is 57.9 Å². The Balaban J connectivity index is 1.50. The molecule has 2 fully saturated rings. The van der Waals surface area contributed by atoms with Crippen molar-refractivity contribution < 1.29 is 9.18 Å². The Labute approximate surface area is 160 Å². The maximum Gasteiger partial charge on any atom is 0.155 e. The molecule has 1 aromatic heterocycles. The summed E-state index contributed by atoms with van der Waals surface area (Å²) >= 11 is 0. The van der Waals surface area contributed by atoms with E-state index in [2.05, 4.69) is 31.0 Å². The van der Waals surface area contributed by atoms with Gasteiger partial charge in [-0.1, -0.05) is 37.1 Å². The second-order valence-electron chi connectivity index (χ2n) is 9.27. The largest absolute Gasteiger partial charge is 0.295 e. The number of nitrogens with zero attached hydrogens (tertiary/aromatic N) is 1. The fourth-order valence-electron chi connectivity index (χ4n) is 6.53. The number of ketones is 1. The second kappa shape index (κ2) is 5.73. The van der Waals surface area contributed by atoms with Crippen LogP contribution in [-0.2, 0) is 4.79 Å². The van der Waals surface area contributed by atoms with Gasteiger partial charge in [0.05, 0.1) is 6.20 Å².